The lowest BCUT2D eigenvalue weighted by molar-refractivity contribution is -0.141. The van der Waals surface area contributed by atoms with Gasteiger partial charge in [0.2, 0.25) is 11.9 Å². The summed E-state index contributed by atoms with van der Waals surface area (Å²) in [5.74, 6) is 4.19. The van der Waals surface area contributed by atoms with E-state index in [0.717, 1.165) is 25.7 Å². The topological polar surface area (TPSA) is 143 Å². The SMILES string of the molecule is CCCC(CCC)C(NC(C)=O)C1CC(C(=O)O)CC1NC(N)=NN. The molecule has 0 aromatic heterocycles. The molecule has 1 aliphatic carbocycles. The Balaban J connectivity index is 3.11. The largest absolute Gasteiger partial charge is 0.481 e. The van der Waals surface area contributed by atoms with Gasteiger partial charge in [0.05, 0.1) is 5.92 Å². The van der Waals surface area contributed by atoms with Crippen LogP contribution in [0.1, 0.15) is 59.3 Å². The fourth-order valence-corrected chi connectivity index (χ4v) is 4.12. The number of amides is 1. The minimum atomic E-state index is -0.818. The maximum atomic E-state index is 11.8. The summed E-state index contributed by atoms with van der Waals surface area (Å²) in [6.07, 6.45) is 4.94. The molecule has 4 atom stereocenters. The first-order valence-corrected chi connectivity index (χ1v) is 9.13. The minimum Gasteiger partial charge on any atom is -0.481 e. The number of hydrogen-bond donors (Lipinski definition) is 5. The van der Waals surface area contributed by atoms with Crippen molar-refractivity contribution in [2.45, 2.75) is 71.4 Å². The van der Waals surface area contributed by atoms with E-state index in [0.29, 0.717) is 18.8 Å². The number of carbonyl (C=O) groups is 2. The summed E-state index contributed by atoms with van der Waals surface area (Å²) >= 11 is 0. The van der Waals surface area contributed by atoms with Crippen molar-refractivity contribution in [2.24, 2.45) is 34.4 Å². The van der Waals surface area contributed by atoms with E-state index < -0.39 is 11.9 Å². The number of carboxylic acid groups (broad SMARTS) is 1. The Bertz CT molecular complexity index is 477. The third kappa shape index (κ3) is 6.10. The fraction of sp³-hybridized carbons (Fsp3) is 0.824. The van der Waals surface area contributed by atoms with Gasteiger partial charge < -0.3 is 27.3 Å². The Kier molecular flexibility index (Phi) is 8.51. The van der Waals surface area contributed by atoms with Gasteiger partial charge in [0, 0.05) is 24.9 Å². The van der Waals surface area contributed by atoms with Gasteiger partial charge in [-0.3, -0.25) is 9.59 Å². The van der Waals surface area contributed by atoms with Gasteiger partial charge in [0.25, 0.3) is 0 Å². The van der Waals surface area contributed by atoms with Gasteiger partial charge in [-0.1, -0.05) is 26.7 Å². The number of aliphatic carboxylic acids is 1. The summed E-state index contributed by atoms with van der Waals surface area (Å²) in [5, 5.41) is 19.0. The highest BCUT2D eigenvalue weighted by Gasteiger charge is 2.44. The highest BCUT2D eigenvalue weighted by molar-refractivity contribution is 5.78. The Morgan fingerprint density at radius 2 is 1.84 bits per heavy atom. The standard InChI is InChI=1S/C17H33N5O3/c1-4-6-11(7-5-2)15(20-10(3)23)13-8-12(16(24)25)9-14(13)21-17(18)22-19/h11-15H,4-9,19H2,1-3H3,(H,20,23)(H,24,25)(H3,18,21,22). The van der Waals surface area contributed by atoms with Crippen molar-refractivity contribution in [3.05, 3.63) is 0 Å². The lowest BCUT2D eigenvalue weighted by atomic mass is 9.80. The lowest BCUT2D eigenvalue weighted by Gasteiger charge is -2.35. The van der Waals surface area contributed by atoms with Gasteiger partial charge in [-0.05, 0) is 31.6 Å². The average Bonchev–Trinajstić information content (AvgIpc) is 2.96. The summed E-state index contributed by atoms with van der Waals surface area (Å²) < 4.78 is 0. The van der Waals surface area contributed by atoms with E-state index in [2.05, 4.69) is 29.6 Å². The van der Waals surface area contributed by atoms with Crippen molar-refractivity contribution >= 4 is 17.8 Å². The quantitative estimate of drug-likeness (QED) is 0.180. The fourth-order valence-electron chi connectivity index (χ4n) is 4.12. The van der Waals surface area contributed by atoms with E-state index in [4.69, 9.17) is 11.6 Å². The van der Waals surface area contributed by atoms with Gasteiger partial charge in [-0.15, -0.1) is 5.10 Å². The Hall–Kier alpha value is -1.99. The summed E-state index contributed by atoms with van der Waals surface area (Å²) in [5.41, 5.74) is 5.71. The van der Waals surface area contributed by atoms with Crippen molar-refractivity contribution < 1.29 is 14.7 Å². The third-order valence-corrected chi connectivity index (χ3v) is 5.09. The van der Waals surface area contributed by atoms with Crippen LogP contribution in [-0.2, 0) is 9.59 Å². The molecular weight excluding hydrogens is 322 g/mol. The number of guanidine groups is 1. The number of hydrogen-bond acceptors (Lipinski definition) is 4. The summed E-state index contributed by atoms with van der Waals surface area (Å²) in [7, 11) is 0. The number of hydrazone groups is 1. The molecule has 1 fully saturated rings. The first-order valence-electron chi connectivity index (χ1n) is 9.13. The molecular formula is C17H33N5O3. The van der Waals surface area contributed by atoms with Crippen LogP contribution in [0, 0.1) is 17.8 Å². The van der Waals surface area contributed by atoms with Crippen LogP contribution in [-0.4, -0.2) is 35.0 Å². The molecule has 0 heterocycles. The molecule has 4 unspecified atom stereocenters. The second-order valence-electron chi connectivity index (χ2n) is 7.00. The molecule has 25 heavy (non-hydrogen) atoms. The summed E-state index contributed by atoms with van der Waals surface area (Å²) in [4.78, 5) is 23.3. The Labute approximate surface area is 149 Å². The van der Waals surface area contributed by atoms with Crippen LogP contribution in [0.25, 0.3) is 0 Å². The van der Waals surface area contributed by atoms with Crippen LogP contribution < -0.4 is 22.2 Å². The number of nitrogens with zero attached hydrogens (tertiary/aromatic N) is 1. The maximum absolute atomic E-state index is 11.8. The molecule has 1 amide bonds. The molecule has 7 N–H and O–H groups in total. The van der Waals surface area contributed by atoms with Crippen LogP contribution in [0.2, 0.25) is 0 Å². The molecule has 1 aliphatic rings. The zero-order chi connectivity index (χ0) is 19.0. The normalized spacial score (nSPS) is 25.0. The molecule has 1 saturated carbocycles. The van der Waals surface area contributed by atoms with Crippen LogP contribution >= 0.6 is 0 Å². The number of carbonyl (C=O) groups excluding carboxylic acids is 1. The molecule has 8 nitrogen and oxygen atoms in total. The number of rotatable bonds is 9. The summed E-state index contributed by atoms with van der Waals surface area (Å²) in [6.45, 7) is 5.75. The first kappa shape index (κ1) is 21.1. The molecule has 0 aromatic carbocycles. The predicted octanol–water partition coefficient (Wildman–Crippen LogP) is 0.965. The molecule has 0 aliphatic heterocycles. The van der Waals surface area contributed by atoms with Crippen molar-refractivity contribution in [1.29, 1.82) is 0 Å². The first-order chi connectivity index (χ1) is 11.8. The van der Waals surface area contributed by atoms with Gasteiger partial charge in [0.15, 0.2) is 0 Å². The Morgan fingerprint density at radius 1 is 1.24 bits per heavy atom. The van der Waals surface area contributed by atoms with Gasteiger partial charge in [-0.25, -0.2) is 0 Å². The van der Waals surface area contributed by atoms with Crippen molar-refractivity contribution in [3.8, 4) is 0 Å². The molecule has 0 bridgehead atoms. The third-order valence-electron chi connectivity index (χ3n) is 5.09. The molecule has 0 aromatic rings. The molecule has 0 radical (unpaired) electrons. The highest BCUT2D eigenvalue weighted by atomic mass is 16.4. The number of carboxylic acids is 1. The molecule has 8 heteroatoms. The second-order valence-corrected chi connectivity index (χ2v) is 7.00. The molecule has 0 spiro atoms. The molecule has 0 saturated heterocycles. The number of nitrogens with one attached hydrogen (secondary N) is 2. The Morgan fingerprint density at radius 3 is 2.28 bits per heavy atom. The average molecular weight is 355 g/mol. The van der Waals surface area contributed by atoms with Crippen molar-refractivity contribution in [1.82, 2.24) is 10.6 Å². The van der Waals surface area contributed by atoms with E-state index in [-0.39, 0.29) is 29.9 Å². The van der Waals surface area contributed by atoms with Crippen LogP contribution in [0.3, 0.4) is 0 Å². The summed E-state index contributed by atoms with van der Waals surface area (Å²) in [6, 6.07) is -0.272. The van der Waals surface area contributed by atoms with E-state index in [9.17, 15) is 14.7 Å². The van der Waals surface area contributed by atoms with Gasteiger partial charge in [0.1, 0.15) is 0 Å². The molecule has 144 valence electrons. The highest BCUT2D eigenvalue weighted by Crippen LogP contribution is 2.38. The van der Waals surface area contributed by atoms with Gasteiger partial charge in [-0.2, -0.15) is 0 Å². The van der Waals surface area contributed by atoms with Crippen molar-refractivity contribution in [3.63, 3.8) is 0 Å². The van der Waals surface area contributed by atoms with Crippen LogP contribution in [0.5, 0.6) is 0 Å². The van der Waals surface area contributed by atoms with E-state index >= 15 is 0 Å². The van der Waals surface area contributed by atoms with E-state index in [1.165, 1.54) is 6.92 Å². The smallest absolute Gasteiger partial charge is 0.306 e. The second kappa shape index (κ2) is 10.1. The predicted molar refractivity (Wildman–Crippen MR) is 97.5 cm³/mol. The van der Waals surface area contributed by atoms with E-state index in [1.54, 1.807) is 0 Å². The number of nitrogens with two attached hydrogens (primary N) is 2. The maximum Gasteiger partial charge on any atom is 0.306 e. The minimum absolute atomic E-state index is 0.0339. The molecule has 1 rings (SSSR count). The zero-order valence-corrected chi connectivity index (χ0v) is 15.5. The van der Waals surface area contributed by atoms with Crippen LogP contribution in [0.4, 0.5) is 0 Å². The van der Waals surface area contributed by atoms with E-state index in [1.807, 2.05) is 0 Å². The lowest BCUT2D eigenvalue weighted by Crippen LogP contribution is -2.52. The zero-order valence-electron chi connectivity index (χ0n) is 15.5. The van der Waals surface area contributed by atoms with Gasteiger partial charge >= 0.3 is 5.97 Å². The van der Waals surface area contributed by atoms with Crippen molar-refractivity contribution in [2.75, 3.05) is 0 Å². The monoisotopic (exact) mass is 355 g/mol. The van der Waals surface area contributed by atoms with Crippen LogP contribution in [0.15, 0.2) is 5.10 Å².